The predicted molar refractivity (Wildman–Crippen MR) is 51.1 cm³/mol. The second-order valence-electron chi connectivity index (χ2n) is 2.56. The number of hydrogen-bond donors (Lipinski definition) is 2. The van der Waals surface area contributed by atoms with E-state index in [-0.39, 0.29) is 9.30 Å². The summed E-state index contributed by atoms with van der Waals surface area (Å²) < 4.78 is 0.434. The van der Waals surface area contributed by atoms with Crippen molar-refractivity contribution < 1.29 is 0 Å². The van der Waals surface area contributed by atoms with Gasteiger partial charge in [0.05, 0.1) is 0 Å². The molecule has 8 heavy (non-hydrogen) atoms. The minimum Gasteiger partial charge on any atom is -0.202 e. The predicted octanol–water partition coefficient (Wildman–Crippen LogP) is 2.36. The van der Waals surface area contributed by atoms with Crippen LogP contribution in [-0.4, -0.2) is 9.30 Å². The van der Waals surface area contributed by atoms with Crippen LogP contribution >= 0.6 is 36.6 Å². The molecular weight excluding hydrogens is 155 g/mol. The van der Waals surface area contributed by atoms with Gasteiger partial charge in [-0.1, -0.05) is 20.8 Å². The topological polar surface area (TPSA) is 0 Å². The Bertz CT molecular complexity index is 66.2. The molecule has 0 bridgehead atoms. The molecule has 0 aromatic heterocycles. The number of thiol groups is 2. The highest BCUT2D eigenvalue weighted by atomic mass is 32.2. The summed E-state index contributed by atoms with van der Waals surface area (Å²) in [4.78, 5) is 0. The highest BCUT2D eigenvalue weighted by Gasteiger charge is 2.15. The van der Waals surface area contributed by atoms with Gasteiger partial charge in [-0.15, -0.1) is 0 Å². The van der Waals surface area contributed by atoms with Crippen molar-refractivity contribution in [1.82, 2.24) is 0 Å². The first-order valence-electron chi connectivity index (χ1n) is 2.46. The molecule has 0 aromatic carbocycles. The minimum absolute atomic E-state index is 0.148. The third-order valence-corrected chi connectivity index (χ3v) is 2.01. The summed E-state index contributed by atoms with van der Waals surface area (Å²) in [5.41, 5.74) is 0. The zero-order valence-corrected chi connectivity index (χ0v) is 7.99. The van der Waals surface area contributed by atoms with E-state index in [0.717, 1.165) is 0 Å². The quantitative estimate of drug-likeness (QED) is 0.445. The minimum atomic E-state index is 0.148. The lowest BCUT2D eigenvalue weighted by molar-refractivity contribution is 0.810. The van der Waals surface area contributed by atoms with Gasteiger partial charge < -0.3 is 0 Å². The zero-order valence-electron chi connectivity index (χ0n) is 5.38. The van der Waals surface area contributed by atoms with Crippen molar-refractivity contribution in [3.8, 4) is 0 Å². The Morgan fingerprint density at radius 3 is 1.62 bits per heavy atom. The molecule has 0 nitrogen and oxygen atoms in total. The Labute approximate surface area is 66.8 Å². The summed E-state index contributed by atoms with van der Waals surface area (Å²) >= 11 is 9.98. The fourth-order valence-corrected chi connectivity index (χ4v) is 2.85. The summed E-state index contributed by atoms with van der Waals surface area (Å²) in [5.74, 6) is 0. The van der Waals surface area contributed by atoms with Gasteiger partial charge in [0.25, 0.3) is 0 Å². The van der Waals surface area contributed by atoms with Crippen LogP contribution in [0.25, 0.3) is 0 Å². The normalized spacial score (nSPS) is 11.6. The number of hydrogen-bond acceptors (Lipinski definition) is 3. The lowest BCUT2D eigenvalue weighted by atomic mass is 10.3. The van der Waals surface area contributed by atoms with E-state index in [4.69, 9.17) is 0 Å². The molecule has 0 unspecified atom stereocenters. The van der Waals surface area contributed by atoms with Crippen molar-refractivity contribution in [3.63, 3.8) is 0 Å². The van der Waals surface area contributed by atoms with Crippen LogP contribution in [0.2, 0.25) is 0 Å². The van der Waals surface area contributed by atoms with Crippen LogP contribution in [0.4, 0.5) is 0 Å². The van der Waals surface area contributed by atoms with Crippen molar-refractivity contribution in [2.45, 2.75) is 25.5 Å². The molecule has 0 spiro atoms. The zero-order chi connectivity index (χ0) is 6.78. The molecule has 0 atom stereocenters. The Morgan fingerprint density at radius 1 is 1.25 bits per heavy atom. The monoisotopic (exact) mass is 166 g/mol. The summed E-state index contributed by atoms with van der Waals surface area (Å²) in [5, 5.41) is 0. The van der Waals surface area contributed by atoms with Gasteiger partial charge in [0, 0.05) is 0 Å². The van der Waals surface area contributed by atoms with Crippen molar-refractivity contribution in [1.29, 1.82) is 0 Å². The van der Waals surface area contributed by atoms with Gasteiger partial charge >= 0.3 is 4.55 Å². The molecule has 0 fully saturated rings. The van der Waals surface area contributed by atoms with E-state index in [1.165, 1.54) is 0 Å². The first kappa shape index (κ1) is 9.11. The van der Waals surface area contributed by atoms with Gasteiger partial charge in [0.2, 0.25) is 0 Å². The summed E-state index contributed by atoms with van der Waals surface area (Å²) in [7, 11) is 0. The van der Waals surface area contributed by atoms with Gasteiger partial charge in [0.1, 0.15) is 0 Å². The van der Waals surface area contributed by atoms with E-state index >= 15 is 0 Å². The van der Waals surface area contributed by atoms with Crippen molar-refractivity contribution >= 4 is 41.1 Å². The Balaban J connectivity index is 3.39. The van der Waals surface area contributed by atoms with E-state index < -0.39 is 0 Å². The van der Waals surface area contributed by atoms with Crippen molar-refractivity contribution in [3.05, 3.63) is 0 Å². The molecule has 0 aromatic rings. The maximum absolute atomic E-state index is 4.12. The summed E-state index contributed by atoms with van der Waals surface area (Å²) in [6, 6.07) is 0. The molecule has 0 heterocycles. The molecule has 0 radical (unpaired) electrons. The third-order valence-electron chi connectivity index (χ3n) is 0.459. The second kappa shape index (κ2) is 3.33. The molecular formula is C4H11BS3. The van der Waals surface area contributed by atoms with E-state index in [1.54, 1.807) is 11.6 Å². The average molecular weight is 166 g/mol. The van der Waals surface area contributed by atoms with Gasteiger partial charge in [-0.2, -0.15) is 11.6 Å². The Hall–Kier alpha value is 1.11. The summed E-state index contributed by atoms with van der Waals surface area (Å²) in [6.07, 6.45) is 0. The van der Waals surface area contributed by atoms with E-state index in [0.29, 0.717) is 0 Å². The molecule has 0 aliphatic heterocycles. The van der Waals surface area contributed by atoms with Crippen molar-refractivity contribution in [2.24, 2.45) is 0 Å². The highest BCUT2D eigenvalue weighted by molar-refractivity contribution is 8.69. The molecule has 0 saturated heterocycles. The van der Waals surface area contributed by atoms with Crippen LogP contribution in [0.15, 0.2) is 0 Å². The lowest BCUT2D eigenvalue weighted by Crippen LogP contribution is -2.11. The van der Waals surface area contributed by atoms with E-state index in [1.807, 2.05) is 0 Å². The molecule has 0 amide bonds. The Morgan fingerprint density at radius 2 is 1.62 bits per heavy atom. The fourth-order valence-electron chi connectivity index (χ4n) is 0.316. The van der Waals surface area contributed by atoms with E-state index in [2.05, 4.69) is 45.7 Å². The van der Waals surface area contributed by atoms with Gasteiger partial charge in [-0.3, -0.25) is 0 Å². The average Bonchev–Trinajstić information content (AvgIpc) is 1.21. The van der Waals surface area contributed by atoms with Crippen LogP contribution in [0.5, 0.6) is 0 Å². The van der Waals surface area contributed by atoms with Crippen LogP contribution in [0, 0.1) is 0 Å². The maximum Gasteiger partial charge on any atom is 0.335 e. The molecule has 48 valence electrons. The fraction of sp³-hybridized carbons (Fsp3) is 1.00. The van der Waals surface area contributed by atoms with Gasteiger partial charge in [0.15, 0.2) is 0 Å². The largest absolute Gasteiger partial charge is 0.335 e. The lowest BCUT2D eigenvalue weighted by Gasteiger charge is -2.17. The van der Waals surface area contributed by atoms with Crippen LogP contribution < -0.4 is 0 Å². The van der Waals surface area contributed by atoms with Crippen molar-refractivity contribution in [2.75, 3.05) is 0 Å². The highest BCUT2D eigenvalue weighted by Crippen LogP contribution is 2.28. The standard InChI is InChI=1S/C4H11BS3/c1-4(2,3)8-5(6)7/h6-7H,1-3H3. The molecule has 4 heteroatoms. The molecule has 0 aliphatic rings. The van der Waals surface area contributed by atoms with Crippen LogP contribution in [0.3, 0.4) is 0 Å². The summed E-state index contributed by atoms with van der Waals surface area (Å²) in [6.45, 7) is 6.45. The second-order valence-corrected chi connectivity index (χ2v) is 6.63. The third kappa shape index (κ3) is 7.11. The van der Waals surface area contributed by atoms with Crippen LogP contribution in [-0.2, 0) is 0 Å². The maximum atomic E-state index is 4.12. The van der Waals surface area contributed by atoms with E-state index in [9.17, 15) is 0 Å². The molecule has 0 aliphatic carbocycles. The molecule has 0 saturated carbocycles. The van der Waals surface area contributed by atoms with Crippen LogP contribution in [0.1, 0.15) is 20.8 Å². The van der Waals surface area contributed by atoms with Gasteiger partial charge in [-0.05, 0) is 4.75 Å². The first-order chi connectivity index (χ1) is 3.42. The SMILES string of the molecule is CC(C)(C)SB(S)S. The Kier molecular flexibility index (Phi) is 3.79. The van der Waals surface area contributed by atoms with Gasteiger partial charge in [-0.25, -0.2) is 25.0 Å². The number of rotatable bonds is 1. The first-order valence-corrected chi connectivity index (χ1v) is 4.37. The smallest absolute Gasteiger partial charge is 0.202 e. The molecule has 0 rings (SSSR count). The molecule has 0 N–H and O–H groups in total.